The third-order valence-corrected chi connectivity index (χ3v) is 3.55. The molecule has 1 aliphatic rings. The van der Waals surface area contributed by atoms with Gasteiger partial charge in [-0.05, 0) is 49.8 Å². The molecule has 1 heterocycles. The Kier molecular flexibility index (Phi) is 3.22. The van der Waals surface area contributed by atoms with E-state index in [0.717, 1.165) is 0 Å². The molecule has 0 aliphatic carbocycles. The van der Waals surface area contributed by atoms with Crippen LogP contribution in [-0.4, -0.2) is 12.6 Å². The van der Waals surface area contributed by atoms with Crippen molar-refractivity contribution in [3.63, 3.8) is 0 Å². The van der Waals surface area contributed by atoms with Crippen molar-refractivity contribution >= 4 is 5.69 Å². The van der Waals surface area contributed by atoms with E-state index in [1.165, 1.54) is 36.2 Å². The van der Waals surface area contributed by atoms with Crippen LogP contribution in [0.15, 0.2) is 18.2 Å². The van der Waals surface area contributed by atoms with Crippen molar-refractivity contribution < 1.29 is 0 Å². The van der Waals surface area contributed by atoms with Gasteiger partial charge in [0, 0.05) is 18.3 Å². The Morgan fingerprint density at radius 1 is 1.12 bits per heavy atom. The van der Waals surface area contributed by atoms with Crippen LogP contribution in [0.5, 0.6) is 0 Å². The highest BCUT2D eigenvalue weighted by molar-refractivity contribution is 5.58. The predicted octanol–water partition coefficient (Wildman–Crippen LogP) is 3.97. The van der Waals surface area contributed by atoms with E-state index in [4.69, 9.17) is 0 Å². The zero-order valence-corrected chi connectivity index (χ0v) is 11.0. The Morgan fingerprint density at radius 2 is 1.88 bits per heavy atom. The van der Waals surface area contributed by atoms with Crippen LogP contribution in [0.25, 0.3) is 0 Å². The maximum atomic E-state index is 2.55. The number of hydrogen-bond acceptors (Lipinski definition) is 1. The summed E-state index contributed by atoms with van der Waals surface area (Å²) in [4.78, 5) is 2.55. The van der Waals surface area contributed by atoms with Crippen molar-refractivity contribution in [3.8, 4) is 0 Å². The van der Waals surface area contributed by atoms with E-state index in [1.807, 2.05) is 0 Å². The van der Waals surface area contributed by atoms with Gasteiger partial charge in [-0.1, -0.05) is 26.0 Å². The number of fused-ring (bicyclic) bond motifs is 1. The van der Waals surface area contributed by atoms with Gasteiger partial charge in [0.25, 0.3) is 0 Å². The van der Waals surface area contributed by atoms with E-state index in [9.17, 15) is 0 Å². The second kappa shape index (κ2) is 4.48. The van der Waals surface area contributed by atoms with Gasteiger partial charge in [0.15, 0.2) is 0 Å². The highest BCUT2D eigenvalue weighted by atomic mass is 15.2. The van der Waals surface area contributed by atoms with Crippen LogP contribution in [0.1, 0.15) is 51.2 Å². The maximum Gasteiger partial charge on any atom is 0.0403 e. The van der Waals surface area contributed by atoms with Gasteiger partial charge in [-0.2, -0.15) is 0 Å². The van der Waals surface area contributed by atoms with Gasteiger partial charge in [-0.25, -0.2) is 0 Å². The van der Waals surface area contributed by atoms with Crippen molar-refractivity contribution in [2.75, 3.05) is 11.4 Å². The first-order valence-corrected chi connectivity index (χ1v) is 6.49. The summed E-state index contributed by atoms with van der Waals surface area (Å²) in [6, 6.07) is 7.65. The van der Waals surface area contributed by atoms with E-state index >= 15 is 0 Å². The molecule has 1 nitrogen and oxygen atoms in total. The first-order chi connectivity index (χ1) is 7.59. The van der Waals surface area contributed by atoms with Gasteiger partial charge < -0.3 is 4.90 Å². The topological polar surface area (TPSA) is 3.24 Å². The molecule has 0 unspecified atom stereocenters. The Bertz CT molecular complexity index is 366. The fourth-order valence-corrected chi connectivity index (χ4v) is 2.52. The number of aryl methyl sites for hydroxylation is 1. The van der Waals surface area contributed by atoms with Crippen LogP contribution < -0.4 is 4.90 Å². The van der Waals surface area contributed by atoms with Crippen LogP contribution in [0.2, 0.25) is 0 Å². The fraction of sp³-hybridized carbons (Fsp3) is 0.600. The van der Waals surface area contributed by atoms with E-state index in [2.05, 4.69) is 50.8 Å². The zero-order chi connectivity index (χ0) is 11.7. The Morgan fingerprint density at radius 3 is 2.50 bits per heavy atom. The molecule has 0 amide bonds. The first-order valence-electron chi connectivity index (χ1n) is 6.49. The Hall–Kier alpha value is -0.980. The summed E-state index contributed by atoms with van der Waals surface area (Å²) >= 11 is 0. The minimum Gasteiger partial charge on any atom is -0.369 e. The third-order valence-electron chi connectivity index (χ3n) is 3.55. The minimum atomic E-state index is 0.612. The molecule has 0 fully saturated rings. The van der Waals surface area contributed by atoms with Crippen LogP contribution in [0, 0.1) is 0 Å². The molecular formula is C15H23N. The lowest BCUT2D eigenvalue weighted by Gasteiger charge is -2.35. The van der Waals surface area contributed by atoms with Crippen molar-refractivity contribution in [1.82, 2.24) is 0 Å². The van der Waals surface area contributed by atoms with Gasteiger partial charge in [0.1, 0.15) is 0 Å². The zero-order valence-electron chi connectivity index (χ0n) is 11.0. The standard InChI is InChI=1S/C15H23N/c1-11(2)14-8-7-13-6-5-9-16(12(3)4)15(13)10-14/h7-8,10-12H,5-6,9H2,1-4H3. The number of benzene rings is 1. The van der Waals surface area contributed by atoms with Gasteiger partial charge >= 0.3 is 0 Å². The second-order valence-electron chi connectivity index (χ2n) is 5.43. The summed E-state index contributed by atoms with van der Waals surface area (Å²) in [5, 5.41) is 0. The molecule has 0 saturated carbocycles. The highest BCUT2D eigenvalue weighted by Crippen LogP contribution is 2.31. The molecule has 0 atom stereocenters. The van der Waals surface area contributed by atoms with Crippen molar-refractivity contribution in [3.05, 3.63) is 29.3 Å². The van der Waals surface area contributed by atoms with Crippen molar-refractivity contribution in [2.45, 2.75) is 52.5 Å². The lowest BCUT2D eigenvalue weighted by Crippen LogP contribution is -2.35. The SMILES string of the molecule is CC(C)c1ccc2c(c1)N(C(C)C)CCC2. The van der Waals surface area contributed by atoms with Crippen LogP contribution >= 0.6 is 0 Å². The average Bonchev–Trinajstić information content (AvgIpc) is 2.27. The summed E-state index contributed by atoms with van der Waals surface area (Å²) in [6.07, 6.45) is 2.54. The van der Waals surface area contributed by atoms with Gasteiger partial charge in [0.05, 0.1) is 0 Å². The van der Waals surface area contributed by atoms with Crippen LogP contribution in [-0.2, 0) is 6.42 Å². The second-order valence-corrected chi connectivity index (χ2v) is 5.43. The largest absolute Gasteiger partial charge is 0.369 e. The number of anilines is 1. The Labute approximate surface area is 99.5 Å². The molecule has 1 aliphatic heterocycles. The normalized spacial score (nSPS) is 15.8. The molecule has 88 valence electrons. The third kappa shape index (κ3) is 2.09. The molecule has 0 bridgehead atoms. The lowest BCUT2D eigenvalue weighted by molar-refractivity contribution is 0.624. The summed E-state index contributed by atoms with van der Waals surface area (Å²) in [5.74, 6) is 0.626. The van der Waals surface area contributed by atoms with Crippen molar-refractivity contribution in [1.29, 1.82) is 0 Å². The van der Waals surface area contributed by atoms with E-state index in [1.54, 1.807) is 0 Å². The summed E-state index contributed by atoms with van der Waals surface area (Å²) in [6.45, 7) is 10.3. The van der Waals surface area contributed by atoms with Crippen LogP contribution in [0.3, 0.4) is 0 Å². The van der Waals surface area contributed by atoms with Gasteiger partial charge in [-0.15, -0.1) is 0 Å². The number of nitrogens with zero attached hydrogens (tertiary/aromatic N) is 1. The van der Waals surface area contributed by atoms with Crippen LogP contribution in [0.4, 0.5) is 5.69 Å². The molecule has 1 aromatic rings. The fourth-order valence-electron chi connectivity index (χ4n) is 2.52. The van der Waals surface area contributed by atoms with Gasteiger partial charge in [0.2, 0.25) is 0 Å². The molecule has 1 aromatic carbocycles. The number of rotatable bonds is 2. The molecule has 0 saturated heterocycles. The predicted molar refractivity (Wildman–Crippen MR) is 71.3 cm³/mol. The lowest BCUT2D eigenvalue weighted by atomic mass is 9.94. The molecule has 0 N–H and O–H groups in total. The Balaban J connectivity index is 2.40. The molecule has 0 radical (unpaired) electrons. The van der Waals surface area contributed by atoms with E-state index in [0.29, 0.717) is 12.0 Å². The molecule has 0 spiro atoms. The molecular weight excluding hydrogens is 194 g/mol. The number of hydrogen-bond donors (Lipinski definition) is 0. The summed E-state index contributed by atoms with van der Waals surface area (Å²) in [5.41, 5.74) is 4.48. The first kappa shape index (κ1) is 11.5. The van der Waals surface area contributed by atoms with Crippen molar-refractivity contribution in [2.24, 2.45) is 0 Å². The van der Waals surface area contributed by atoms with E-state index in [-0.39, 0.29) is 0 Å². The summed E-state index contributed by atoms with van der Waals surface area (Å²) < 4.78 is 0. The quantitative estimate of drug-likeness (QED) is 0.724. The van der Waals surface area contributed by atoms with Gasteiger partial charge in [-0.3, -0.25) is 0 Å². The molecule has 1 heteroatoms. The smallest absolute Gasteiger partial charge is 0.0403 e. The highest BCUT2D eigenvalue weighted by Gasteiger charge is 2.19. The summed E-state index contributed by atoms with van der Waals surface area (Å²) in [7, 11) is 0. The van der Waals surface area contributed by atoms with E-state index < -0.39 is 0 Å². The maximum absolute atomic E-state index is 2.55. The molecule has 2 rings (SSSR count). The monoisotopic (exact) mass is 217 g/mol. The minimum absolute atomic E-state index is 0.612. The molecule has 16 heavy (non-hydrogen) atoms. The average molecular weight is 217 g/mol. The molecule has 0 aromatic heterocycles.